The topological polar surface area (TPSA) is 54.4 Å². The van der Waals surface area contributed by atoms with Gasteiger partial charge in [0.25, 0.3) is 0 Å². The number of carbonyl (C=O) groups is 2. The van der Waals surface area contributed by atoms with E-state index >= 15 is 0 Å². The van der Waals surface area contributed by atoms with Gasteiger partial charge in [-0.1, -0.05) is 77.9 Å². The fourth-order valence-electron chi connectivity index (χ4n) is 3.71. The Kier molecular flexibility index (Phi) is 15.1. The largest absolute Gasteiger partial charge is 0.481 e. The number of carboxylic acid groups (broad SMARTS) is 1. The first-order valence-electron chi connectivity index (χ1n) is 12.1. The molecule has 0 radical (unpaired) electrons. The summed E-state index contributed by atoms with van der Waals surface area (Å²) in [5, 5.41) is 9.28. The number of ketones is 1. The van der Waals surface area contributed by atoms with E-state index in [1.54, 1.807) is 6.92 Å². The summed E-state index contributed by atoms with van der Waals surface area (Å²) in [4.78, 5) is 23.0. The molecule has 0 aliphatic heterocycles. The molecule has 2 unspecified atom stereocenters. The van der Waals surface area contributed by atoms with Gasteiger partial charge in [0.2, 0.25) is 0 Å². The van der Waals surface area contributed by atoms with E-state index in [1.807, 2.05) is 13.8 Å². The van der Waals surface area contributed by atoms with Gasteiger partial charge >= 0.3 is 5.97 Å². The molecule has 0 aromatic rings. The standard InChI is InChI=1S/C26H48O3/c1-6-25(4,23(3)27)21-19-17-15-13-11-9-8-10-12-14-16-18-20-22-26(5,7-2)24(28)29/h8-9H,6-7,10-22H2,1-5H3,(H,28,29). The molecule has 0 amide bonds. The van der Waals surface area contributed by atoms with Gasteiger partial charge < -0.3 is 5.11 Å². The van der Waals surface area contributed by atoms with Crippen molar-refractivity contribution < 1.29 is 14.7 Å². The Labute approximate surface area is 180 Å². The second-order valence-corrected chi connectivity index (χ2v) is 9.42. The van der Waals surface area contributed by atoms with Gasteiger partial charge in [-0.05, 0) is 65.2 Å². The van der Waals surface area contributed by atoms with Gasteiger partial charge in [-0.3, -0.25) is 9.59 Å². The van der Waals surface area contributed by atoms with Crippen LogP contribution in [-0.4, -0.2) is 16.9 Å². The molecule has 29 heavy (non-hydrogen) atoms. The van der Waals surface area contributed by atoms with Gasteiger partial charge in [0.1, 0.15) is 5.78 Å². The molecule has 170 valence electrons. The summed E-state index contributed by atoms with van der Waals surface area (Å²) < 4.78 is 0. The van der Waals surface area contributed by atoms with Gasteiger partial charge in [0.05, 0.1) is 5.41 Å². The van der Waals surface area contributed by atoms with E-state index in [4.69, 9.17) is 0 Å². The molecule has 1 N–H and O–H groups in total. The summed E-state index contributed by atoms with van der Waals surface area (Å²) in [7, 11) is 0. The number of allylic oxidation sites excluding steroid dienone is 2. The van der Waals surface area contributed by atoms with E-state index < -0.39 is 11.4 Å². The molecule has 3 nitrogen and oxygen atoms in total. The van der Waals surface area contributed by atoms with Crippen LogP contribution in [0.15, 0.2) is 12.2 Å². The van der Waals surface area contributed by atoms with Crippen LogP contribution in [0.1, 0.15) is 131 Å². The number of hydrogen-bond donors (Lipinski definition) is 1. The Balaban J connectivity index is 3.54. The van der Waals surface area contributed by atoms with Crippen molar-refractivity contribution in [2.75, 3.05) is 0 Å². The molecule has 0 rings (SSSR count). The van der Waals surface area contributed by atoms with Crippen LogP contribution in [0.2, 0.25) is 0 Å². The Morgan fingerprint density at radius 1 is 0.690 bits per heavy atom. The van der Waals surface area contributed by atoms with Gasteiger partial charge in [-0.15, -0.1) is 0 Å². The number of hydrogen-bond acceptors (Lipinski definition) is 2. The van der Waals surface area contributed by atoms with Crippen molar-refractivity contribution in [1.29, 1.82) is 0 Å². The van der Waals surface area contributed by atoms with Gasteiger partial charge in [0, 0.05) is 5.41 Å². The monoisotopic (exact) mass is 408 g/mol. The Morgan fingerprint density at radius 3 is 1.45 bits per heavy atom. The quantitative estimate of drug-likeness (QED) is 0.173. The first kappa shape index (κ1) is 27.9. The van der Waals surface area contributed by atoms with Crippen molar-refractivity contribution in [1.82, 2.24) is 0 Å². The molecule has 3 heteroatoms. The minimum atomic E-state index is -0.652. The van der Waals surface area contributed by atoms with Crippen molar-refractivity contribution in [3.63, 3.8) is 0 Å². The molecule has 0 spiro atoms. The summed E-state index contributed by atoms with van der Waals surface area (Å²) in [5.41, 5.74) is -0.641. The lowest BCUT2D eigenvalue weighted by atomic mass is 9.79. The lowest BCUT2D eigenvalue weighted by Crippen LogP contribution is -2.26. The predicted octanol–water partition coefficient (Wildman–Crippen LogP) is 8.12. The van der Waals surface area contributed by atoms with Crippen molar-refractivity contribution in [3.05, 3.63) is 12.2 Å². The molecule has 0 aromatic carbocycles. The molecule has 0 aliphatic carbocycles. The average Bonchev–Trinajstić information content (AvgIpc) is 2.69. The third kappa shape index (κ3) is 12.2. The van der Waals surface area contributed by atoms with Crippen molar-refractivity contribution in [2.45, 2.75) is 131 Å². The number of rotatable bonds is 19. The first-order valence-corrected chi connectivity index (χ1v) is 12.1. The highest BCUT2D eigenvalue weighted by Crippen LogP contribution is 2.30. The number of unbranched alkanes of at least 4 members (excludes halogenated alkanes) is 9. The number of carboxylic acids is 1. The van der Waals surface area contributed by atoms with Crippen LogP contribution in [-0.2, 0) is 9.59 Å². The maximum absolute atomic E-state index is 11.7. The maximum Gasteiger partial charge on any atom is 0.309 e. The fourth-order valence-corrected chi connectivity index (χ4v) is 3.71. The second kappa shape index (κ2) is 15.7. The predicted molar refractivity (Wildman–Crippen MR) is 124 cm³/mol. The highest BCUT2D eigenvalue weighted by atomic mass is 16.4. The first-order chi connectivity index (χ1) is 13.7. The van der Waals surface area contributed by atoms with Gasteiger partial charge in [-0.2, -0.15) is 0 Å². The second-order valence-electron chi connectivity index (χ2n) is 9.42. The van der Waals surface area contributed by atoms with E-state index in [-0.39, 0.29) is 5.41 Å². The molecular weight excluding hydrogens is 360 g/mol. The molecule has 0 aliphatic rings. The Bertz CT molecular complexity index is 482. The molecule has 0 aromatic heterocycles. The third-order valence-electron chi connectivity index (χ3n) is 7.04. The molecule has 0 bridgehead atoms. The van der Waals surface area contributed by atoms with Gasteiger partial charge in [0.15, 0.2) is 0 Å². The zero-order chi connectivity index (χ0) is 22.2. The maximum atomic E-state index is 11.7. The molecule has 0 fully saturated rings. The smallest absolute Gasteiger partial charge is 0.309 e. The minimum Gasteiger partial charge on any atom is -0.481 e. The molecule has 0 heterocycles. The van der Waals surface area contributed by atoms with Crippen molar-refractivity contribution in [3.8, 4) is 0 Å². The summed E-state index contributed by atoms with van der Waals surface area (Å²) in [6.07, 6.45) is 21.2. The van der Waals surface area contributed by atoms with Crippen molar-refractivity contribution in [2.24, 2.45) is 10.8 Å². The molecule has 0 saturated carbocycles. The molecule has 2 atom stereocenters. The fraction of sp³-hybridized carbons (Fsp3) is 0.846. The summed E-state index contributed by atoms with van der Waals surface area (Å²) in [5.74, 6) is -0.316. The highest BCUT2D eigenvalue weighted by molar-refractivity contribution is 5.81. The normalized spacial score (nSPS) is 15.9. The Morgan fingerprint density at radius 2 is 1.07 bits per heavy atom. The van der Waals surface area contributed by atoms with Crippen LogP contribution < -0.4 is 0 Å². The van der Waals surface area contributed by atoms with E-state index in [9.17, 15) is 14.7 Å². The van der Waals surface area contributed by atoms with E-state index in [2.05, 4.69) is 26.0 Å². The highest BCUT2D eigenvalue weighted by Gasteiger charge is 2.30. The van der Waals surface area contributed by atoms with Crippen molar-refractivity contribution >= 4 is 11.8 Å². The average molecular weight is 409 g/mol. The van der Waals surface area contributed by atoms with Crippen LogP contribution >= 0.6 is 0 Å². The number of carbonyl (C=O) groups excluding carboxylic acids is 1. The lowest BCUT2D eigenvalue weighted by Gasteiger charge is -2.24. The Hall–Kier alpha value is -1.12. The van der Waals surface area contributed by atoms with Crippen LogP contribution in [0, 0.1) is 10.8 Å². The zero-order valence-corrected chi connectivity index (χ0v) is 20.0. The molecule has 0 saturated heterocycles. The zero-order valence-electron chi connectivity index (χ0n) is 20.0. The number of aliphatic carboxylic acids is 1. The van der Waals surface area contributed by atoms with E-state index in [1.165, 1.54) is 44.9 Å². The van der Waals surface area contributed by atoms with Crippen LogP contribution in [0.4, 0.5) is 0 Å². The van der Waals surface area contributed by atoms with Crippen LogP contribution in [0.3, 0.4) is 0 Å². The van der Waals surface area contributed by atoms with E-state index in [0.717, 1.165) is 44.9 Å². The summed E-state index contributed by atoms with van der Waals surface area (Å²) in [6, 6.07) is 0. The summed E-state index contributed by atoms with van der Waals surface area (Å²) >= 11 is 0. The SMILES string of the molecule is CCC(C)(CCCCCCC=CCCCCCCCC(C)(CC)C(=O)O)C(C)=O. The van der Waals surface area contributed by atoms with Gasteiger partial charge in [-0.25, -0.2) is 0 Å². The minimum absolute atomic E-state index is 0.105. The molecular formula is C26H48O3. The lowest BCUT2D eigenvalue weighted by molar-refractivity contribution is -0.148. The van der Waals surface area contributed by atoms with E-state index in [0.29, 0.717) is 12.2 Å². The third-order valence-corrected chi connectivity index (χ3v) is 7.04. The number of Topliss-reactive ketones (excluding diaryl/α,β-unsaturated/α-hetero) is 1. The van der Waals surface area contributed by atoms with Crippen LogP contribution in [0.5, 0.6) is 0 Å². The van der Waals surface area contributed by atoms with Crippen LogP contribution in [0.25, 0.3) is 0 Å². The summed E-state index contributed by atoms with van der Waals surface area (Å²) in [6.45, 7) is 9.80.